The largest absolute Gasteiger partial charge is 0.485 e. The lowest BCUT2D eigenvalue weighted by atomic mass is 9.83. The average molecular weight is 377 g/mol. The molecule has 2 aromatic rings. The first kappa shape index (κ1) is 14.3. The van der Waals surface area contributed by atoms with E-state index >= 15 is 0 Å². The molecular formula is C22H17BrO. The third-order valence-electron chi connectivity index (χ3n) is 5.16. The highest BCUT2D eigenvalue weighted by molar-refractivity contribution is 9.10. The Balaban J connectivity index is 1.62. The van der Waals surface area contributed by atoms with E-state index in [0.29, 0.717) is 11.8 Å². The van der Waals surface area contributed by atoms with E-state index < -0.39 is 0 Å². The first-order valence-corrected chi connectivity index (χ1v) is 9.20. The fourth-order valence-corrected chi connectivity index (χ4v) is 4.15. The lowest BCUT2D eigenvalue weighted by Gasteiger charge is -2.31. The third-order valence-corrected chi connectivity index (χ3v) is 5.69. The van der Waals surface area contributed by atoms with Crippen LogP contribution < -0.4 is 0 Å². The Morgan fingerprint density at radius 3 is 2.58 bits per heavy atom. The van der Waals surface area contributed by atoms with Crippen LogP contribution in [-0.4, -0.2) is 0 Å². The molecule has 0 radical (unpaired) electrons. The predicted octanol–water partition coefficient (Wildman–Crippen LogP) is 6.17. The maximum absolute atomic E-state index is 6.56. The zero-order valence-electron chi connectivity index (χ0n) is 13.2. The van der Waals surface area contributed by atoms with Gasteiger partial charge in [0, 0.05) is 16.3 Å². The van der Waals surface area contributed by atoms with Crippen LogP contribution in [0.2, 0.25) is 0 Å². The second-order valence-corrected chi connectivity index (χ2v) is 7.52. The summed E-state index contributed by atoms with van der Waals surface area (Å²) in [6.07, 6.45) is 9.89. The number of hydrogen-bond acceptors (Lipinski definition) is 1. The van der Waals surface area contributed by atoms with Crippen LogP contribution >= 0.6 is 15.9 Å². The van der Waals surface area contributed by atoms with Crippen molar-refractivity contribution in [3.05, 3.63) is 105 Å². The van der Waals surface area contributed by atoms with Gasteiger partial charge in [0.1, 0.15) is 11.9 Å². The number of allylic oxidation sites excluding steroid dienone is 5. The van der Waals surface area contributed by atoms with Gasteiger partial charge in [0.25, 0.3) is 0 Å². The van der Waals surface area contributed by atoms with E-state index in [1.807, 2.05) is 0 Å². The number of ether oxygens (including phenoxy) is 1. The second kappa shape index (κ2) is 5.49. The van der Waals surface area contributed by atoms with Crippen LogP contribution in [0.25, 0.3) is 0 Å². The normalized spacial score (nSPS) is 26.6. The Morgan fingerprint density at radius 2 is 1.75 bits per heavy atom. The highest BCUT2D eigenvalue weighted by atomic mass is 79.9. The summed E-state index contributed by atoms with van der Waals surface area (Å²) in [5.41, 5.74) is 5.47. The zero-order chi connectivity index (χ0) is 16.1. The SMILES string of the molecule is Brc1ccc(C2OC3=CC=CCC3c3ccccc3C3C=C32)cc1. The molecule has 3 atom stereocenters. The molecule has 0 N–H and O–H groups in total. The lowest BCUT2D eigenvalue weighted by molar-refractivity contribution is 0.130. The smallest absolute Gasteiger partial charge is 0.145 e. The Hall–Kier alpha value is -2.06. The molecule has 24 heavy (non-hydrogen) atoms. The molecule has 1 aliphatic heterocycles. The molecule has 1 nitrogen and oxygen atoms in total. The van der Waals surface area contributed by atoms with E-state index in [-0.39, 0.29) is 6.10 Å². The first-order valence-electron chi connectivity index (χ1n) is 8.40. The molecule has 0 saturated heterocycles. The van der Waals surface area contributed by atoms with E-state index in [1.165, 1.54) is 22.3 Å². The summed E-state index contributed by atoms with van der Waals surface area (Å²) in [5.74, 6) is 1.85. The monoisotopic (exact) mass is 376 g/mol. The minimum atomic E-state index is 0.0247. The molecule has 0 amide bonds. The molecule has 118 valence electrons. The average Bonchev–Trinajstić information content (AvgIpc) is 3.40. The molecule has 2 aromatic carbocycles. The molecule has 1 heterocycles. The number of fused-ring (bicyclic) bond motifs is 5. The molecule has 3 unspecified atom stereocenters. The van der Waals surface area contributed by atoms with Crippen LogP contribution in [0.5, 0.6) is 0 Å². The van der Waals surface area contributed by atoms with E-state index in [4.69, 9.17) is 4.74 Å². The topological polar surface area (TPSA) is 9.23 Å². The molecule has 0 bridgehead atoms. The van der Waals surface area contributed by atoms with E-state index in [9.17, 15) is 0 Å². The van der Waals surface area contributed by atoms with Gasteiger partial charge in [0.2, 0.25) is 0 Å². The quantitative estimate of drug-likeness (QED) is 0.540. The van der Waals surface area contributed by atoms with Crippen molar-refractivity contribution in [2.45, 2.75) is 24.4 Å². The molecular weight excluding hydrogens is 360 g/mol. The van der Waals surface area contributed by atoms with Gasteiger partial charge >= 0.3 is 0 Å². The summed E-state index contributed by atoms with van der Waals surface area (Å²) in [5, 5.41) is 0. The summed E-state index contributed by atoms with van der Waals surface area (Å²) < 4.78 is 7.66. The van der Waals surface area contributed by atoms with Gasteiger partial charge in [0.05, 0.1) is 0 Å². The highest BCUT2D eigenvalue weighted by Crippen LogP contribution is 2.54. The summed E-state index contributed by atoms with van der Waals surface area (Å²) >= 11 is 3.52. The Bertz CT molecular complexity index is 888. The van der Waals surface area contributed by atoms with E-state index in [1.54, 1.807) is 0 Å². The van der Waals surface area contributed by atoms with Crippen LogP contribution in [-0.2, 0) is 4.74 Å². The lowest BCUT2D eigenvalue weighted by Crippen LogP contribution is -2.16. The molecule has 0 saturated carbocycles. The number of rotatable bonds is 1. The molecule has 2 heteroatoms. The minimum Gasteiger partial charge on any atom is -0.485 e. The highest BCUT2D eigenvalue weighted by Gasteiger charge is 2.41. The van der Waals surface area contributed by atoms with E-state index in [2.05, 4.69) is 88.8 Å². The fourth-order valence-electron chi connectivity index (χ4n) is 3.89. The Morgan fingerprint density at radius 1 is 0.958 bits per heavy atom. The predicted molar refractivity (Wildman–Crippen MR) is 99.8 cm³/mol. The molecule has 0 fully saturated rings. The number of hydrogen-bond donors (Lipinski definition) is 0. The minimum absolute atomic E-state index is 0.0247. The van der Waals surface area contributed by atoms with Crippen molar-refractivity contribution in [2.75, 3.05) is 0 Å². The van der Waals surface area contributed by atoms with Crippen molar-refractivity contribution in [1.82, 2.24) is 0 Å². The van der Waals surface area contributed by atoms with Crippen LogP contribution in [0, 0.1) is 0 Å². The maximum atomic E-state index is 6.56. The van der Waals surface area contributed by atoms with E-state index in [0.717, 1.165) is 16.7 Å². The Kier molecular flexibility index (Phi) is 3.27. The summed E-state index contributed by atoms with van der Waals surface area (Å²) in [7, 11) is 0. The van der Waals surface area contributed by atoms with Crippen LogP contribution in [0.3, 0.4) is 0 Å². The van der Waals surface area contributed by atoms with Crippen LogP contribution in [0.1, 0.15) is 41.1 Å². The standard InChI is InChI=1S/C22H17BrO/c23-15-11-9-14(10-12-15)22-20-13-19(20)17-6-2-1-5-16(17)18-7-3-4-8-21(18)24-22/h1-6,8-13,18-19,22H,7H2. The van der Waals surface area contributed by atoms with Gasteiger partial charge in [-0.15, -0.1) is 0 Å². The number of halogens is 1. The number of benzene rings is 2. The summed E-state index contributed by atoms with van der Waals surface area (Å²) in [4.78, 5) is 0. The van der Waals surface area contributed by atoms with Crippen molar-refractivity contribution in [1.29, 1.82) is 0 Å². The van der Waals surface area contributed by atoms with Crippen LogP contribution in [0.15, 0.2) is 88.6 Å². The van der Waals surface area contributed by atoms with Gasteiger partial charge in [-0.25, -0.2) is 0 Å². The summed E-state index contributed by atoms with van der Waals surface area (Å²) in [6, 6.07) is 17.3. The third kappa shape index (κ3) is 2.29. The van der Waals surface area contributed by atoms with Gasteiger partial charge < -0.3 is 4.74 Å². The first-order chi connectivity index (χ1) is 11.8. The second-order valence-electron chi connectivity index (χ2n) is 6.61. The maximum Gasteiger partial charge on any atom is 0.145 e. The van der Waals surface area contributed by atoms with Crippen molar-refractivity contribution in [3.8, 4) is 0 Å². The Labute approximate surface area is 150 Å². The zero-order valence-corrected chi connectivity index (χ0v) is 14.7. The van der Waals surface area contributed by atoms with Gasteiger partial charge in [-0.3, -0.25) is 0 Å². The fraction of sp³-hybridized carbons (Fsp3) is 0.182. The summed E-state index contributed by atoms with van der Waals surface area (Å²) in [6.45, 7) is 0. The van der Waals surface area contributed by atoms with Crippen molar-refractivity contribution >= 4 is 15.9 Å². The van der Waals surface area contributed by atoms with Gasteiger partial charge in [0.15, 0.2) is 0 Å². The molecule has 0 aromatic heterocycles. The van der Waals surface area contributed by atoms with Gasteiger partial charge in [-0.05, 0) is 46.9 Å². The molecule has 3 aliphatic rings. The van der Waals surface area contributed by atoms with Gasteiger partial charge in [-0.2, -0.15) is 0 Å². The van der Waals surface area contributed by atoms with Crippen molar-refractivity contribution < 1.29 is 4.74 Å². The van der Waals surface area contributed by atoms with Gasteiger partial charge in [-0.1, -0.05) is 70.6 Å². The molecule has 2 aliphatic carbocycles. The molecule has 0 spiro atoms. The van der Waals surface area contributed by atoms with Crippen molar-refractivity contribution in [3.63, 3.8) is 0 Å². The van der Waals surface area contributed by atoms with Crippen LogP contribution in [0.4, 0.5) is 0 Å². The molecule has 5 rings (SSSR count). The van der Waals surface area contributed by atoms with Crippen molar-refractivity contribution in [2.24, 2.45) is 0 Å².